The van der Waals surface area contributed by atoms with Crippen molar-refractivity contribution in [1.82, 2.24) is 4.90 Å². The number of carbonyl (C=O) groups is 1. The van der Waals surface area contributed by atoms with E-state index in [0.29, 0.717) is 0 Å². The summed E-state index contributed by atoms with van der Waals surface area (Å²) >= 11 is 0. The predicted molar refractivity (Wildman–Crippen MR) is 121 cm³/mol. The van der Waals surface area contributed by atoms with Gasteiger partial charge in [0.05, 0.1) is 7.11 Å². The van der Waals surface area contributed by atoms with E-state index in [9.17, 15) is 4.79 Å². The van der Waals surface area contributed by atoms with Crippen molar-refractivity contribution >= 4 is 5.78 Å². The fourth-order valence-electron chi connectivity index (χ4n) is 4.33. The van der Waals surface area contributed by atoms with E-state index in [0.717, 1.165) is 36.4 Å². The summed E-state index contributed by atoms with van der Waals surface area (Å²) in [7, 11) is 1.70. The first-order valence-electron chi connectivity index (χ1n) is 10.6. The zero-order valence-corrected chi connectivity index (χ0v) is 18.0. The maximum atomic E-state index is 12.8. The van der Waals surface area contributed by atoms with Crippen LogP contribution in [0.1, 0.15) is 52.5 Å². The number of methoxy groups -OCH3 is 1. The Morgan fingerprint density at radius 2 is 1.63 bits per heavy atom. The summed E-state index contributed by atoms with van der Waals surface area (Å²) in [5.74, 6) is 1.07. The van der Waals surface area contributed by atoms with Gasteiger partial charge in [0.2, 0.25) is 0 Å². The molecule has 3 nitrogen and oxygen atoms in total. The third kappa shape index (κ3) is 4.17. The average molecular weight is 400 g/mol. The second kappa shape index (κ2) is 8.85. The Hall–Kier alpha value is -2.91. The van der Waals surface area contributed by atoms with Gasteiger partial charge in [0.1, 0.15) is 5.75 Å². The van der Waals surface area contributed by atoms with Gasteiger partial charge in [0.25, 0.3) is 0 Å². The lowest BCUT2D eigenvalue weighted by Gasteiger charge is -2.37. The highest BCUT2D eigenvalue weighted by Gasteiger charge is 2.28. The molecule has 0 saturated heterocycles. The van der Waals surface area contributed by atoms with Crippen molar-refractivity contribution in [2.75, 3.05) is 7.11 Å². The minimum absolute atomic E-state index is 0.00869. The molecule has 0 radical (unpaired) electrons. The first-order chi connectivity index (χ1) is 14.6. The molecule has 1 unspecified atom stereocenters. The number of ether oxygens (including phenoxy) is 1. The van der Waals surface area contributed by atoms with Crippen LogP contribution in [0.4, 0.5) is 0 Å². The van der Waals surface area contributed by atoms with Crippen LogP contribution in [0.3, 0.4) is 0 Å². The first kappa shape index (κ1) is 20.4. The van der Waals surface area contributed by atoms with E-state index < -0.39 is 0 Å². The zero-order valence-electron chi connectivity index (χ0n) is 18.0. The van der Waals surface area contributed by atoms with Gasteiger partial charge in [0, 0.05) is 30.6 Å². The molecular weight excluding hydrogens is 370 g/mol. The third-order valence-corrected chi connectivity index (χ3v) is 6.03. The molecule has 0 N–H and O–H groups in total. The summed E-state index contributed by atoms with van der Waals surface area (Å²) < 4.78 is 5.35. The quantitative estimate of drug-likeness (QED) is 0.488. The number of nitrogens with zero attached hydrogens (tertiary/aromatic N) is 1. The number of rotatable bonds is 6. The second-order valence-corrected chi connectivity index (χ2v) is 8.34. The predicted octanol–water partition coefficient (Wildman–Crippen LogP) is 5.83. The lowest BCUT2D eigenvalue weighted by molar-refractivity contribution is 0.0935. The van der Waals surface area contributed by atoms with E-state index in [1.165, 1.54) is 16.7 Å². The largest absolute Gasteiger partial charge is 0.497 e. The molecule has 0 fully saturated rings. The van der Waals surface area contributed by atoms with Crippen LogP contribution in [0, 0.1) is 5.92 Å². The first-order valence-corrected chi connectivity index (χ1v) is 10.6. The van der Waals surface area contributed by atoms with Crippen molar-refractivity contribution in [2.45, 2.75) is 39.4 Å². The summed E-state index contributed by atoms with van der Waals surface area (Å²) in [6.45, 7) is 5.56. The van der Waals surface area contributed by atoms with Gasteiger partial charge in [-0.05, 0) is 40.8 Å². The zero-order chi connectivity index (χ0) is 21.1. The highest BCUT2D eigenvalue weighted by molar-refractivity contribution is 5.98. The van der Waals surface area contributed by atoms with Crippen molar-refractivity contribution in [3.63, 3.8) is 0 Å². The normalized spacial score (nSPS) is 16.3. The van der Waals surface area contributed by atoms with Crippen LogP contribution in [0.5, 0.6) is 5.75 Å². The molecule has 0 amide bonds. The molecule has 154 valence electrons. The molecule has 0 aromatic heterocycles. The Balaban J connectivity index is 1.70. The fraction of sp³-hybridized carbons (Fsp3) is 0.296. The van der Waals surface area contributed by atoms with E-state index in [2.05, 4.69) is 47.4 Å². The fourth-order valence-corrected chi connectivity index (χ4v) is 4.33. The molecule has 1 atom stereocenters. The van der Waals surface area contributed by atoms with Crippen molar-refractivity contribution in [1.29, 1.82) is 0 Å². The Bertz CT molecular complexity index is 1020. The number of benzene rings is 3. The Kier molecular flexibility index (Phi) is 6.01. The average Bonchev–Trinajstić information content (AvgIpc) is 2.78. The van der Waals surface area contributed by atoms with Gasteiger partial charge in [-0.1, -0.05) is 74.5 Å². The number of Topliss-reactive ketones (excluding diaryl/α,β-unsaturated/α-hetero) is 1. The monoisotopic (exact) mass is 399 g/mol. The molecule has 0 saturated carbocycles. The minimum Gasteiger partial charge on any atom is -0.497 e. The molecule has 0 aliphatic carbocycles. The van der Waals surface area contributed by atoms with Gasteiger partial charge < -0.3 is 4.74 Å². The van der Waals surface area contributed by atoms with E-state index in [1.54, 1.807) is 7.11 Å². The molecule has 1 aliphatic rings. The lowest BCUT2D eigenvalue weighted by atomic mass is 9.88. The van der Waals surface area contributed by atoms with Crippen molar-refractivity contribution in [3.8, 4) is 5.75 Å². The Morgan fingerprint density at radius 3 is 2.33 bits per heavy atom. The van der Waals surface area contributed by atoms with E-state index in [-0.39, 0.29) is 17.7 Å². The van der Waals surface area contributed by atoms with Crippen LogP contribution >= 0.6 is 0 Å². The minimum atomic E-state index is -0.00869. The molecule has 4 rings (SSSR count). The summed E-state index contributed by atoms with van der Waals surface area (Å²) in [5, 5.41) is 0. The molecule has 3 aromatic carbocycles. The molecular formula is C27H29NO2. The van der Waals surface area contributed by atoms with Crippen LogP contribution in [-0.2, 0) is 19.5 Å². The number of ketones is 1. The van der Waals surface area contributed by atoms with Crippen LogP contribution in [0.25, 0.3) is 0 Å². The van der Waals surface area contributed by atoms with E-state index >= 15 is 0 Å². The lowest BCUT2D eigenvalue weighted by Crippen LogP contribution is -2.34. The molecule has 3 heteroatoms. The maximum absolute atomic E-state index is 12.8. The van der Waals surface area contributed by atoms with Gasteiger partial charge in [-0.25, -0.2) is 0 Å². The maximum Gasteiger partial charge on any atom is 0.165 e. The van der Waals surface area contributed by atoms with Gasteiger partial charge in [0.15, 0.2) is 5.78 Å². The molecule has 1 heterocycles. The number of hydrogen-bond acceptors (Lipinski definition) is 3. The number of hydrogen-bond donors (Lipinski definition) is 0. The van der Waals surface area contributed by atoms with Crippen molar-refractivity contribution in [2.24, 2.45) is 5.92 Å². The molecule has 0 bridgehead atoms. The summed E-state index contributed by atoms with van der Waals surface area (Å²) in [6, 6.07) is 25.4. The highest BCUT2D eigenvalue weighted by Crippen LogP contribution is 2.35. The topological polar surface area (TPSA) is 29.5 Å². The Morgan fingerprint density at radius 1 is 0.967 bits per heavy atom. The van der Waals surface area contributed by atoms with Crippen molar-refractivity contribution in [3.05, 3.63) is 101 Å². The van der Waals surface area contributed by atoms with Crippen LogP contribution < -0.4 is 4.74 Å². The molecule has 0 spiro atoms. The van der Waals surface area contributed by atoms with Gasteiger partial charge in [-0.15, -0.1) is 0 Å². The van der Waals surface area contributed by atoms with Gasteiger partial charge in [-0.2, -0.15) is 0 Å². The van der Waals surface area contributed by atoms with Crippen molar-refractivity contribution < 1.29 is 9.53 Å². The van der Waals surface area contributed by atoms with Crippen LogP contribution in [0.2, 0.25) is 0 Å². The summed E-state index contributed by atoms with van der Waals surface area (Å²) in [4.78, 5) is 15.3. The highest BCUT2D eigenvalue weighted by atomic mass is 16.5. The van der Waals surface area contributed by atoms with Gasteiger partial charge in [-0.3, -0.25) is 9.69 Å². The molecule has 1 aliphatic heterocycles. The van der Waals surface area contributed by atoms with Gasteiger partial charge >= 0.3 is 0 Å². The molecule has 3 aromatic rings. The standard InChI is InChI=1S/C27H29NO2/c1-19(2)27(29)25-11-7-6-10-23(25)18-28-17-22-9-5-4-8-21(22)16-26(28)20-12-14-24(30-3)15-13-20/h4-15,19,26H,16-18H2,1-3H3. The summed E-state index contributed by atoms with van der Waals surface area (Å²) in [6.07, 6.45) is 0.961. The summed E-state index contributed by atoms with van der Waals surface area (Å²) in [5.41, 5.74) is 6.00. The second-order valence-electron chi connectivity index (χ2n) is 8.34. The number of fused-ring (bicyclic) bond motifs is 1. The third-order valence-electron chi connectivity index (χ3n) is 6.03. The Labute approximate surface area is 179 Å². The van der Waals surface area contributed by atoms with Crippen LogP contribution in [-0.4, -0.2) is 17.8 Å². The van der Waals surface area contributed by atoms with E-state index in [1.807, 2.05) is 44.2 Å². The molecule has 30 heavy (non-hydrogen) atoms. The van der Waals surface area contributed by atoms with E-state index in [4.69, 9.17) is 4.74 Å². The SMILES string of the molecule is COc1ccc(C2Cc3ccccc3CN2Cc2ccccc2C(=O)C(C)C)cc1. The van der Waals surface area contributed by atoms with Crippen LogP contribution in [0.15, 0.2) is 72.8 Å². The number of carbonyl (C=O) groups excluding carboxylic acids is 1. The smallest absolute Gasteiger partial charge is 0.165 e.